The Morgan fingerprint density at radius 3 is 2.50 bits per heavy atom. The molecule has 0 heterocycles. The SMILES string of the molecule is CNSc1ccc(C(OC)C(N)CF)cc1. The van der Waals surface area contributed by atoms with Crippen LogP contribution in [-0.2, 0) is 4.74 Å². The van der Waals surface area contributed by atoms with Crippen molar-refractivity contribution < 1.29 is 9.13 Å². The number of alkyl halides is 1. The molecule has 2 unspecified atom stereocenters. The molecule has 1 rings (SSSR count). The van der Waals surface area contributed by atoms with Crippen LogP contribution < -0.4 is 10.5 Å². The minimum Gasteiger partial charge on any atom is -0.375 e. The average molecular weight is 244 g/mol. The monoisotopic (exact) mass is 244 g/mol. The fourth-order valence-corrected chi connectivity index (χ4v) is 1.99. The van der Waals surface area contributed by atoms with Gasteiger partial charge in [0, 0.05) is 12.0 Å². The molecule has 0 saturated carbocycles. The third kappa shape index (κ3) is 3.45. The Morgan fingerprint density at radius 1 is 1.44 bits per heavy atom. The molecular weight excluding hydrogens is 227 g/mol. The molecule has 0 aliphatic heterocycles. The first-order chi connectivity index (χ1) is 7.72. The number of hydrogen-bond acceptors (Lipinski definition) is 4. The Hall–Kier alpha value is -0.620. The Bertz CT molecular complexity index is 307. The van der Waals surface area contributed by atoms with E-state index in [0.29, 0.717) is 0 Å². The van der Waals surface area contributed by atoms with Crippen molar-refractivity contribution in [2.24, 2.45) is 5.73 Å². The second-order valence-corrected chi connectivity index (χ2v) is 4.43. The minimum atomic E-state index is -0.618. The van der Waals surface area contributed by atoms with E-state index in [-0.39, 0.29) is 0 Å². The number of ether oxygens (including phenoxy) is 1. The maximum Gasteiger partial charge on any atom is 0.107 e. The van der Waals surface area contributed by atoms with Crippen molar-refractivity contribution in [3.05, 3.63) is 29.8 Å². The lowest BCUT2D eigenvalue weighted by Gasteiger charge is -2.20. The van der Waals surface area contributed by atoms with E-state index in [1.807, 2.05) is 31.3 Å². The molecule has 0 radical (unpaired) electrons. The molecule has 0 bridgehead atoms. The highest BCUT2D eigenvalue weighted by atomic mass is 32.2. The van der Waals surface area contributed by atoms with Gasteiger partial charge < -0.3 is 10.5 Å². The number of methoxy groups -OCH3 is 1. The van der Waals surface area contributed by atoms with Crippen molar-refractivity contribution in [1.29, 1.82) is 0 Å². The first-order valence-electron chi connectivity index (χ1n) is 5.00. The van der Waals surface area contributed by atoms with E-state index in [9.17, 15) is 4.39 Å². The summed E-state index contributed by atoms with van der Waals surface area (Å²) in [4.78, 5) is 1.09. The van der Waals surface area contributed by atoms with Crippen LogP contribution in [0, 0.1) is 0 Å². The van der Waals surface area contributed by atoms with Gasteiger partial charge in [0.2, 0.25) is 0 Å². The van der Waals surface area contributed by atoms with Gasteiger partial charge in [0.25, 0.3) is 0 Å². The maximum absolute atomic E-state index is 12.5. The normalized spacial score (nSPS) is 14.8. The van der Waals surface area contributed by atoms with Gasteiger partial charge >= 0.3 is 0 Å². The summed E-state index contributed by atoms with van der Waals surface area (Å²) >= 11 is 1.52. The second-order valence-electron chi connectivity index (χ2n) is 3.35. The van der Waals surface area contributed by atoms with Crippen molar-refractivity contribution in [2.45, 2.75) is 17.0 Å². The molecule has 2 atom stereocenters. The maximum atomic E-state index is 12.5. The first-order valence-corrected chi connectivity index (χ1v) is 5.82. The smallest absolute Gasteiger partial charge is 0.107 e. The number of nitrogens with two attached hydrogens (primary N) is 1. The summed E-state index contributed by atoms with van der Waals surface area (Å²) < 4.78 is 20.7. The number of benzene rings is 1. The topological polar surface area (TPSA) is 47.3 Å². The molecule has 1 aromatic rings. The quantitative estimate of drug-likeness (QED) is 0.750. The van der Waals surface area contributed by atoms with Gasteiger partial charge in [-0.15, -0.1) is 0 Å². The predicted octanol–water partition coefficient (Wildman–Crippen LogP) is 1.90. The zero-order valence-corrected chi connectivity index (χ0v) is 10.3. The van der Waals surface area contributed by atoms with E-state index < -0.39 is 18.8 Å². The number of nitrogens with one attached hydrogen (secondary N) is 1. The lowest BCUT2D eigenvalue weighted by molar-refractivity contribution is 0.0720. The molecule has 5 heteroatoms. The number of halogens is 1. The predicted molar refractivity (Wildman–Crippen MR) is 65.1 cm³/mol. The van der Waals surface area contributed by atoms with E-state index in [1.165, 1.54) is 19.1 Å². The number of hydrogen-bond donors (Lipinski definition) is 2. The minimum absolute atomic E-state index is 0.390. The molecule has 3 nitrogen and oxygen atoms in total. The second kappa shape index (κ2) is 6.85. The molecule has 90 valence electrons. The summed E-state index contributed by atoms with van der Waals surface area (Å²) in [7, 11) is 3.39. The van der Waals surface area contributed by atoms with Gasteiger partial charge in [-0.1, -0.05) is 12.1 Å². The van der Waals surface area contributed by atoms with Gasteiger partial charge in [0.15, 0.2) is 0 Å². The van der Waals surface area contributed by atoms with E-state index in [1.54, 1.807) is 0 Å². The van der Waals surface area contributed by atoms with Gasteiger partial charge in [0.1, 0.15) is 6.67 Å². The van der Waals surface area contributed by atoms with Crippen LogP contribution in [0.4, 0.5) is 4.39 Å². The van der Waals surface area contributed by atoms with Crippen LogP contribution in [0.25, 0.3) is 0 Å². The molecule has 0 aliphatic rings. The zero-order chi connectivity index (χ0) is 12.0. The summed E-state index contributed by atoms with van der Waals surface area (Å²) in [5.41, 5.74) is 6.54. The Morgan fingerprint density at radius 2 is 2.06 bits per heavy atom. The molecule has 0 aliphatic carbocycles. The van der Waals surface area contributed by atoms with Gasteiger partial charge in [0.05, 0.1) is 12.1 Å². The highest BCUT2D eigenvalue weighted by Crippen LogP contribution is 2.23. The fourth-order valence-electron chi connectivity index (χ4n) is 1.48. The summed E-state index contributed by atoms with van der Waals surface area (Å²) in [5.74, 6) is 0. The van der Waals surface area contributed by atoms with Gasteiger partial charge in [-0.25, -0.2) is 4.39 Å². The van der Waals surface area contributed by atoms with Crippen LogP contribution in [0.3, 0.4) is 0 Å². The molecule has 0 saturated heterocycles. The van der Waals surface area contributed by atoms with E-state index in [0.717, 1.165) is 10.5 Å². The third-order valence-electron chi connectivity index (χ3n) is 2.25. The van der Waals surface area contributed by atoms with Gasteiger partial charge in [-0.3, -0.25) is 4.72 Å². The molecule has 0 fully saturated rings. The first kappa shape index (κ1) is 13.4. The molecular formula is C11H17FN2OS. The highest BCUT2D eigenvalue weighted by molar-refractivity contribution is 7.97. The van der Waals surface area contributed by atoms with Crippen LogP contribution in [0.15, 0.2) is 29.2 Å². The summed E-state index contributed by atoms with van der Waals surface area (Å²) in [5, 5.41) is 0. The van der Waals surface area contributed by atoms with Crippen molar-refractivity contribution in [1.82, 2.24) is 4.72 Å². The third-order valence-corrected chi connectivity index (χ3v) is 2.96. The largest absolute Gasteiger partial charge is 0.375 e. The van der Waals surface area contributed by atoms with Crippen LogP contribution in [-0.4, -0.2) is 26.9 Å². The Labute approximate surface area is 99.7 Å². The van der Waals surface area contributed by atoms with Crippen molar-refractivity contribution in [2.75, 3.05) is 20.8 Å². The molecule has 0 spiro atoms. The van der Waals surface area contributed by atoms with Gasteiger partial charge in [-0.2, -0.15) is 0 Å². The zero-order valence-electron chi connectivity index (χ0n) is 9.44. The Kier molecular flexibility index (Phi) is 5.76. The molecule has 0 aromatic heterocycles. The lowest BCUT2D eigenvalue weighted by atomic mass is 10.0. The van der Waals surface area contributed by atoms with E-state index >= 15 is 0 Å². The van der Waals surface area contributed by atoms with Crippen LogP contribution in [0.1, 0.15) is 11.7 Å². The molecule has 0 amide bonds. The van der Waals surface area contributed by atoms with Crippen LogP contribution >= 0.6 is 11.9 Å². The number of rotatable bonds is 6. The summed E-state index contributed by atoms with van der Waals surface area (Å²) in [6.07, 6.45) is -0.390. The molecule has 1 aromatic carbocycles. The van der Waals surface area contributed by atoms with Crippen LogP contribution in [0.5, 0.6) is 0 Å². The highest BCUT2D eigenvalue weighted by Gasteiger charge is 2.18. The Balaban J connectivity index is 2.78. The van der Waals surface area contributed by atoms with Gasteiger partial charge in [-0.05, 0) is 36.7 Å². The molecule has 16 heavy (non-hydrogen) atoms. The standard InChI is InChI=1S/C11H17FN2OS/c1-14-16-9-5-3-8(4-6-9)11(15-2)10(13)7-12/h3-6,10-11,14H,7,13H2,1-2H3. The molecule has 3 N–H and O–H groups in total. The van der Waals surface area contributed by atoms with Crippen LogP contribution in [0.2, 0.25) is 0 Å². The lowest BCUT2D eigenvalue weighted by Crippen LogP contribution is -2.31. The summed E-state index contributed by atoms with van der Waals surface area (Å²) in [6, 6.07) is 7.10. The van der Waals surface area contributed by atoms with Crippen molar-refractivity contribution >= 4 is 11.9 Å². The summed E-state index contributed by atoms with van der Waals surface area (Å²) in [6.45, 7) is -0.592. The van der Waals surface area contributed by atoms with E-state index in [4.69, 9.17) is 10.5 Å². The fraction of sp³-hybridized carbons (Fsp3) is 0.455. The van der Waals surface area contributed by atoms with Crippen molar-refractivity contribution in [3.63, 3.8) is 0 Å². The van der Waals surface area contributed by atoms with E-state index in [2.05, 4.69) is 4.72 Å². The average Bonchev–Trinajstić information content (AvgIpc) is 2.32. The van der Waals surface area contributed by atoms with Crippen molar-refractivity contribution in [3.8, 4) is 0 Å².